The van der Waals surface area contributed by atoms with Crippen LogP contribution in [0, 0.1) is 18.6 Å². The van der Waals surface area contributed by atoms with Crippen molar-refractivity contribution in [3.8, 4) is 11.4 Å². The van der Waals surface area contributed by atoms with E-state index < -0.39 is 24.0 Å². The lowest BCUT2D eigenvalue weighted by Gasteiger charge is -2.36. The van der Waals surface area contributed by atoms with Crippen LogP contribution in [0.2, 0.25) is 0 Å². The highest BCUT2D eigenvalue weighted by Gasteiger charge is 2.49. The Morgan fingerprint density at radius 3 is 2.63 bits per heavy atom. The highest BCUT2D eigenvalue weighted by molar-refractivity contribution is 5.99. The van der Waals surface area contributed by atoms with E-state index in [0.717, 1.165) is 35.1 Å². The number of imidazole rings is 1. The number of hydrogen-bond acceptors (Lipinski definition) is 7. The Balaban J connectivity index is 1.53. The van der Waals surface area contributed by atoms with Gasteiger partial charge in [-0.1, -0.05) is 5.16 Å². The van der Waals surface area contributed by atoms with Gasteiger partial charge in [0, 0.05) is 29.5 Å². The molecule has 2 aromatic carbocycles. The van der Waals surface area contributed by atoms with Crippen LogP contribution in [-0.4, -0.2) is 51.8 Å². The van der Waals surface area contributed by atoms with Crippen molar-refractivity contribution in [3.63, 3.8) is 0 Å². The van der Waals surface area contributed by atoms with Gasteiger partial charge < -0.3 is 28.9 Å². The number of nitrogens with zero attached hydrogens (tertiary/aromatic N) is 4. The Kier molecular flexibility index (Phi) is 5.68. The van der Waals surface area contributed by atoms with Crippen LogP contribution in [0.4, 0.5) is 8.78 Å². The minimum Gasteiger partial charge on any atom is -0.495 e. The van der Waals surface area contributed by atoms with Crippen molar-refractivity contribution in [2.24, 2.45) is 5.16 Å². The van der Waals surface area contributed by atoms with E-state index in [-0.39, 0.29) is 18.2 Å². The number of aliphatic hydroxyl groups excluding tert-OH is 1. The molecule has 0 saturated carbocycles. The van der Waals surface area contributed by atoms with E-state index in [1.165, 1.54) is 0 Å². The quantitative estimate of drug-likeness (QED) is 0.597. The molecule has 10 heteroatoms. The molecule has 0 radical (unpaired) electrons. The molecule has 5 rings (SSSR count). The summed E-state index contributed by atoms with van der Waals surface area (Å²) in [5, 5.41) is 14.4. The number of amidine groups is 1. The SMILES string of the molecule is COc1cc(C2=CC3=NOC(CO)(c4cc(F)cc(F)c4)N3C[C@H](C)O2)ccc1-n1cnc(C)c1. The summed E-state index contributed by atoms with van der Waals surface area (Å²) in [6, 6.07) is 8.64. The molecule has 0 fully saturated rings. The van der Waals surface area contributed by atoms with Gasteiger partial charge in [-0.3, -0.25) is 0 Å². The molecule has 0 amide bonds. The number of aryl methyl sites for hydroxylation is 1. The maximum absolute atomic E-state index is 14.0. The van der Waals surface area contributed by atoms with Crippen molar-refractivity contribution in [2.75, 3.05) is 20.3 Å². The smallest absolute Gasteiger partial charge is 0.260 e. The first-order valence-electron chi connectivity index (χ1n) is 11.0. The molecule has 2 aliphatic rings. The second kappa shape index (κ2) is 8.70. The minimum absolute atomic E-state index is 0.113. The predicted molar refractivity (Wildman–Crippen MR) is 124 cm³/mol. The molecule has 8 nitrogen and oxygen atoms in total. The summed E-state index contributed by atoms with van der Waals surface area (Å²) >= 11 is 0. The van der Waals surface area contributed by atoms with Crippen molar-refractivity contribution in [2.45, 2.75) is 25.7 Å². The maximum Gasteiger partial charge on any atom is 0.260 e. The van der Waals surface area contributed by atoms with Gasteiger partial charge >= 0.3 is 0 Å². The molecular formula is C25H24F2N4O4. The molecule has 2 atom stereocenters. The Morgan fingerprint density at radius 1 is 1.20 bits per heavy atom. The van der Waals surface area contributed by atoms with Gasteiger partial charge in [-0.2, -0.15) is 0 Å². The third kappa shape index (κ3) is 3.99. The average Bonchev–Trinajstić information content (AvgIpc) is 3.36. The van der Waals surface area contributed by atoms with Crippen molar-refractivity contribution in [1.29, 1.82) is 0 Å². The zero-order valence-corrected chi connectivity index (χ0v) is 19.4. The monoisotopic (exact) mass is 482 g/mol. The summed E-state index contributed by atoms with van der Waals surface area (Å²) in [7, 11) is 1.59. The largest absolute Gasteiger partial charge is 0.495 e. The average molecular weight is 482 g/mol. The van der Waals surface area contributed by atoms with Crippen LogP contribution in [0.15, 0.2) is 60.2 Å². The molecule has 1 N–H and O–H groups in total. The van der Waals surface area contributed by atoms with Gasteiger partial charge in [-0.15, -0.1) is 0 Å². The molecule has 2 aliphatic heterocycles. The van der Waals surface area contributed by atoms with Gasteiger partial charge in [-0.25, -0.2) is 13.8 Å². The molecule has 35 heavy (non-hydrogen) atoms. The molecule has 1 aromatic heterocycles. The Morgan fingerprint density at radius 2 is 1.97 bits per heavy atom. The first kappa shape index (κ1) is 22.9. The van der Waals surface area contributed by atoms with Crippen LogP contribution in [-0.2, 0) is 15.3 Å². The molecule has 182 valence electrons. The number of methoxy groups -OCH3 is 1. The van der Waals surface area contributed by atoms with Crippen molar-refractivity contribution >= 4 is 11.6 Å². The summed E-state index contributed by atoms with van der Waals surface area (Å²) < 4.78 is 41.7. The standard InChI is InChI=1S/C25H24F2N4O4/c1-15-11-30(14-28-15)21-5-4-17(6-23(21)33-3)22-10-24-29-35-25(13-32,31(24)12-16(2)34-22)18-7-19(26)9-20(27)8-18/h4-11,14,16,32H,12-13H2,1-3H3/t16-,25?/m0/s1. The van der Waals surface area contributed by atoms with Gasteiger partial charge in [0.15, 0.2) is 5.84 Å². The second-order valence-corrected chi connectivity index (χ2v) is 8.50. The summed E-state index contributed by atoms with van der Waals surface area (Å²) in [6.45, 7) is 3.43. The van der Waals surface area contributed by atoms with Crippen LogP contribution in [0.1, 0.15) is 23.7 Å². The molecule has 3 aromatic rings. The third-order valence-corrected chi connectivity index (χ3v) is 6.01. The fourth-order valence-corrected chi connectivity index (χ4v) is 4.36. The lowest BCUT2D eigenvalue weighted by molar-refractivity contribution is -0.141. The number of rotatable bonds is 5. The Labute approximate surface area is 200 Å². The molecular weight excluding hydrogens is 458 g/mol. The molecule has 0 aliphatic carbocycles. The maximum atomic E-state index is 14.0. The summed E-state index contributed by atoms with van der Waals surface area (Å²) in [5.74, 6) is -0.0757. The van der Waals surface area contributed by atoms with Crippen LogP contribution >= 0.6 is 0 Å². The van der Waals surface area contributed by atoms with Gasteiger partial charge in [0.1, 0.15) is 35.9 Å². The number of halogens is 2. The number of ether oxygens (including phenoxy) is 2. The third-order valence-electron chi connectivity index (χ3n) is 6.01. The lowest BCUT2D eigenvalue weighted by atomic mass is 10.0. The fraction of sp³-hybridized carbons (Fsp3) is 0.280. The van der Waals surface area contributed by atoms with E-state index in [1.54, 1.807) is 24.4 Å². The van der Waals surface area contributed by atoms with E-state index in [9.17, 15) is 13.9 Å². The molecule has 1 unspecified atom stereocenters. The molecule has 0 bridgehead atoms. The van der Waals surface area contributed by atoms with Gasteiger partial charge in [0.05, 0.1) is 31.4 Å². The fourth-order valence-electron chi connectivity index (χ4n) is 4.36. The van der Waals surface area contributed by atoms with Crippen molar-refractivity contribution in [1.82, 2.24) is 14.5 Å². The van der Waals surface area contributed by atoms with E-state index in [1.807, 2.05) is 42.8 Å². The summed E-state index contributed by atoms with van der Waals surface area (Å²) in [5.41, 5.74) is 0.960. The van der Waals surface area contributed by atoms with Crippen LogP contribution < -0.4 is 4.74 Å². The minimum atomic E-state index is -1.58. The summed E-state index contributed by atoms with van der Waals surface area (Å²) in [4.78, 5) is 11.6. The zero-order chi connectivity index (χ0) is 24.7. The van der Waals surface area contributed by atoms with Crippen LogP contribution in [0.25, 0.3) is 11.4 Å². The predicted octanol–water partition coefficient (Wildman–Crippen LogP) is 3.72. The molecule has 0 spiro atoms. The molecule has 3 heterocycles. The van der Waals surface area contributed by atoms with Crippen molar-refractivity contribution < 1.29 is 28.2 Å². The van der Waals surface area contributed by atoms with E-state index >= 15 is 0 Å². The highest BCUT2D eigenvalue weighted by atomic mass is 19.1. The Hall–Kier alpha value is -3.92. The van der Waals surface area contributed by atoms with Crippen LogP contribution in [0.3, 0.4) is 0 Å². The number of aromatic nitrogens is 2. The Bertz CT molecular complexity index is 1320. The van der Waals surface area contributed by atoms with Gasteiger partial charge in [-0.05, 0) is 44.2 Å². The van der Waals surface area contributed by atoms with Gasteiger partial charge in [0.2, 0.25) is 0 Å². The van der Waals surface area contributed by atoms with Gasteiger partial charge in [0.25, 0.3) is 5.72 Å². The number of hydrogen-bond donors (Lipinski definition) is 1. The topological polar surface area (TPSA) is 81.3 Å². The second-order valence-electron chi connectivity index (χ2n) is 8.50. The number of benzene rings is 2. The molecule has 0 saturated heterocycles. The highest BCUT2D eigenvalue weighted by Crippen LogP contribution is 2.39. The van der Waals surface area contributed by atoms with Crippen LogP contribution in [0.5, 0.6) is 5.75 Å². The lowest BCUT2D eigenvalue weighted by Crippen LogP contribution is -2.50. The van der Waals surface area contributed by atoms with Crippen molar-refractivity contribution in [3.05, 3.63) is 83.5 Å². The summed E-state index contributed by atoms with van der Waals surface area (Å²) in [6.07, 6.45) is 4.91. The number of fused-ring (bicyclic) bond motifs is 1. The van der Waals surface area contributed by atoms with E-state index in [2.05, 4.69) is 10.1 Å². The first-order valence-corrected chi connectivity index (χ1v) is 11.0. The normalized spacial score (nSPS) is 21.4. The zero-order valence-electron chi connectivity index (χ0n) is 19.4. The van der Waals surface area contributed by atoms with E-state index in [0.29, 0.717) is 17.3 Å². The number of oxime groups is 1. The van der Waals surface area contributed by atoms with E-state index in [4.69, 9.17) is 14.3 Å². The first-order chi connectivity index (χ1) is 16.8. The number of aliphatic hydroxyl groups is 1.